The van der Waals surface area contributed by atoms with Gasteiger partial charge in [0.25, 0.3) is 0 Å². The van der Waals surface area contributed by atoms with Gasteiger partial charge < -0.3 is 11.1 Å². The SMILES string of the molecule is Cc1cc(C(N)=S)cc(Nc2c(F)cc(F)cc2Br)n1. The van der Waals surface area contributed by atoms with Crippen LogP contribution in [0.15, 0.2) is 28.7 Å². The number of aryl methyl sites for hydroxylation is 1. The second-order valence-corrected chi connectivity index (χ2v) is 5.41. The maximum Gasteiger partial charge on any atom is 0.150 e. The van der Waals surface area contributed by atoms with Gasteiger partial charge in [-0.05, 0) is 41.1 Å². The molecule has 0 aliphatic carbocycles. The van der Waals surface area contributed by atoms with Gasteiger partial charge in [-0.15, -0.1) is 0 Å². The van der Waals surface area contributed by atoms with Crippen LogP contribution < -0.4 is 11.1 Å². The van der Waals surface area contributed by atoms with Crippen molar-refractivity contribution in [1.29, 1.82) is 0 Å². The van der Waals surface area contributed by atoms with Gasteiger partial charge >= 0.3 is 0 Å². The van der Waals surface area contributed by atoms with E-state index < -0.39 is 11.6 Å². The van der Waals surface area contributed by atoms with Crippen molar-refractivity contribution in [2.24, 2.45) is 5.73 Å². The molecular weight excluding hydrogens is 348 g/mol. The van der Waals surface area contributed by atoms with E-state index in [2.05, 4.69) is 26.2 Å². The number of nitrogens with zero attached hydrogens (tertiary/aromatic N) is 1. The average Bonchev–Trinajstić information content (AvgIpc) is 2.33. The van der Waals surface area contributed by atoms with Gasteiger partial charge in [0, 0.05) is 21.8 Å². The van der Waals surface area contributed by atoms with Gasteiger partial charge in [0.1, 0.15) is 16.6 Å². The minimum absolute atomic E-state index is 0.0957. The summed E-state index contributed by atoms with van der Waals surface area (Å²) in [4.78, 5) is 4.43. The Morgan fingerprint density at radius 3 is 2.60 bits per heavy atom. The Morgan fingerprint density at radius 2 is 2.00 bits per heavy atom. The summed E-state index contributed by atoms with van der Waals surface area (Å²) < 4.78 is 27.0. The summed E-state index contributed by atoms with van der Waals surface area (Å²) in [5.41, 5.74) is 6.96. The summed E-state index contributed by atoms with van der Waals surface area (Å²) in [5.74, 6) is -1.02. The number of anilines is 2. The molecule has 0 saturated carbocycles. The number of hydrogen-bond acceptors (Lipinski definition) is 3. The highest BCUT2D eigenvalue weighted by molar-refractivity contribution is 9.10. The van der Waals surface area contributed by atoms with Gasteiger partial charge in [-0.2, -0.15) is 0 Å². The van der Waals surface area contributed by atoms with Crippen LogP contribution >= 0.6 is 28.1 Å². The predicted molar refractivity (Wildman–Crippen MR) is 82.2 cm³/mol. The molecular formula is C13H10BrF2N3S. The number of nitrogens with two attached hydrogens (primary N) is 1. The van der Waals surface area contributed by atoms with E-state index in [1.54, 1.807) is 19.1 Å². The van der Waals surface area contributed by atoms with Gasteiger partial charge in [-0.25, -0.2) is 13.8 Å². The smallest absolute Gasteiger partial charge is 0.150 e. The first-order chi connectivity index (χ1) is 9.36. The summed E-state index contributed by atoms with van der Waals surface area (Å²) in [6.45, 7) is 1.77. The Labute approximate surface area is 128 Å². The van der Waals surface area contributed by atoms with E-state index in [4.69, 9.17) is 18.0 Å². The first-order valence-electron chi connectivity index (χ1n) is 5.57. The van der Waals surface area contributed by atoms with E-state index in [9.17, 15) is 8.78 Å². The fraction of sp³-hybridized carbons (Fsp3) is 0.0769. The molecule has 0 atom stereocenters. The van der Waals surface area contributed by atoms with E-state index in [0.29, 0.717) is 17.1 Å². The molecule has 0 radical (unpaired) electrons. The molecule has 1 aromatic carbocycles. The summed E-state index contributed by atoms with van der Waals surface area (Å²) in [6, 6.07) is 5.28. The maximum atomic E-state index is 13.7. The molecule has 20 heavy (non-hydrogen) atoms. The number of aromatic nitrogens is 1. The zero-order chi connectivity index (χ0) is 14.9. The number of thiocarbonyl (C=S) groups is 1. The lowest BCUT2D eigenvalue weighted by Crippen LogP contribution is -2.11. The fourth-order valence-electron chi connectivity index (χ4n) is 1.66. The first-order valence-corrected chi connectivity index (χ1v) is 6.77. The van der Waals surface area contributed by atoms with Crippen molar-refractivity contribution in [3.05, 3.63) is 51.6 Å². The van der Waals surface area contributed by atoms with E-state index >= 15 is 0 Å². The van der Waals surface area contributed by atoms with E-state index in [1.165, 1.54) is 0 Å². The molecule has 2 rings (SSSR count). The van der Waals surface area contributed by atoms with Crippen LogP contribution in [0.3, 0.4) is 0 Å². The quantitative estimate of drug-likeness (QED) is 0.820. The van der Waals surface area contributed by atoms with Crippen LogP contribution in [-0.4, -0.2) is 9.97 Å². The van der Waals surface area contributed by atoms with Crippen molar-refractivity contribution in [1.82, 2.24) is 4.98 Å². The molecule has 1 heterocycles. The normalized spacial score (nSPS) is 10.4. The Morgan fingerprint density at radius 1 is 1.30 bits per heavy atom. The summed E-state index contributed by atoms with van der Waals surface area (Å²) in [7, 11) is 0. The third-order valence-electron chi connectivity index (χ3n) is 2.50. The molecule has 0 saturated heterocycles. The van der Waals surface area contributed by atoms with Gasteiger partial charge in [0.05, 0.1) is 5.69 Å². The maximum absolute atomic E-state index is 13.7. The number of nitrogens with one attached hydrogen (secondary N) is 1. The third kappa shape index (κ3) is 3.29. The van der Waals surface area contributed by atoms with Crippen molar-refractivity contribution in [2.75, 3.05) is 5.32 Å². The predicted octanol–water partition coefficient (Wildman–Crippen LogP) is 3.81. The molecule has 0 aliphatic rings. The molecule has 0 fully saturated rings. The standard InChI is InChI=1S/C13H10BrF2N3S/c1-6-2-7(13(17)20)3-11(18-6)19-12-9(14)4-8(15)5-10(12)16/h2-5H,1H3,(H2,17,20)(H,18,19). The molecule has 3 nitrogen and oxygen atoms in total. The highest BCUT2D eigenvalue weighted by atomic mass is 79.9. The summed E-state index contributed by atoms with van der Waals surface area (Å²) in [5, 5.41) is 2.79. The molecule has 0 spiro atoms. The fourth-order valence-corrected chi connectivity index (χ4v) is 2.29. The molecule has 2 aromatic rings. The van der Waals surface area contributed by atoms with Gasteiger partial charge in [0.15, 0.2) is 5.82 Å². The highest BCUT2D eigenvalue weighted by Crippen LogP contribution is 2.29. The van der Waals surface area contributed by atoms with E-state index in [-0.39, 0.29) is 15.1 Å². The molecule has 104 valence electrons. The molecule has 0 aliphatic heterocycles. The van der Waals surface area contributed by atoms with Gasteiger partial charge in [-0.1, -0.05) is 12.2 Å². The van der Waals surface area contributed by atoms with Crippen LogP contribution in [0.5, 0.6) is 0 Å². The Bertz CT molecular complexity index is 668. The van der Waals surface area contributed by atoms with Gasteiger partial charge in [0.2, 0.25) is 0 Å². The van der Waals surface area contributed by atoms with Crippen LogP contribution in [0.1, 0.15) is 11.3 Å². The number of hydrogen-bond donors (Lipinski definition) is 2. The zero-order valence-electron chi connectivity index (χ0n) is 10.4. The molecule has 0 unspecified atom stereocenters. The second kappa shape index (κ2) is 5.80. The van der Waals surface area contributed by atoms with Crippen molar-refractivity contribution in [3.8, 4) is 0 Å². The zero-order valence-corrected chi connectivity index (χ0v) is 12.8. The lowest BCUT2D eigenvalue weighted by atomic mass is 10.2. The lowest BCUT2D eigenvalue weighted by Gasteiger charge is -2.11. The topological polar surface area (TPSA) is 50.9 Å². The highest BCUT2D eigenvalue weighted by Gasteiger charge is 2.11. The van der Waals surface area contributed by atoms with Crippen LogP contribution in [0.25, 0.3) is 0 Å². The van der Waals surface area contributed by atoms with E-state index in [0.717, 1.165) is 12.1 Å². The molecule has 0 bridgehead atoms. The second-order valence-electron chi connectivity index (χ2n) is 4.12. The minimum Gasteiger partial charge on any atom is -0.389 e. The van der Waals surface area contributed by atoms with Crippen LogP contribution in [-0.2, 0) is 0 Å². The molecule has 7 heteroatoms. The lowest BCUT2D eigenvalue weighted by molar-refractivity contribution is 0.584. The molecule has 3 N–H and O–H groups in total. The third-order valence-corrected chi connectivity index (χ3v) is 3.36. The summed E-state index contributed by atoms with van der Waals surface area (Å²) in [6.07, 6.45) is 0. The Hall–Kier alpha value is -1.60. The monoisotopic (exact) mass is 357 g/mol. The Kier molecular flexibility index (Phi) is 4.29. The minimum atomic E-state index is -0.725. The molecule has 1 aromatic heterocycles. The number of benzene rings is 1. The number of halogens is 3. The Balaban J connectivity index is 2.42. The van der Waals surface area contributed by atoms with Crippen molar-refractivity contribution < 1.29 is 8.78 Å². The van der Waals surface area contributed by atoms with Crippen LogP contribution in [0, 0.1) is 18.6 Å². The van der Waals surface area contributed by atoms with Crippen LogP contribution in [0.2, 0.25) is 0 Å². The number of pyridine rings is 1. The average molecular weight is 358 g/mol. The van der Waals surface area contributed by atoms with Crippen molar-refractivity contribution in [2.45, 2.75) is 6.92 Å². The van der Waals surface area contributed by atoms with Crippen molar-refractivity contribution >= 4 is 44.6 Å². The summed E-state index contributed by atoms with van der Waals surface area (Å²) >= 11 is 8.00. The number of rotatable bonds is 3. The van der Waals surface area contributed by atoms with Crippen molar-refractivity contribution in [3.63, 3.8) is 0 Å². The first kappa shape index (κ1) is 14.8. The van der Waals surface area contributed by atoms with Crippen LogP contribution in [0.4, 0.5) is 20.3 Å². The van der Waals surface area contributed by atoms with Gasteiger partial charge in [-0.3, -0.25) is 0 Å². The molecule has 0 amide bonds. The largest absolute Gasteiger partial charge is 0.389 e. The van der Waals surface area contributed by atoms with E-state index in [1.807, 2.05) is 0 Å².